The summed E-state index contributed by atoms with van der Waals surface area (Å²) in [5.74, 6) is 0.652. The molecule has 1 saturated carbocycles. The van der Waals surface area contributed by atoms with Crippen molar-refractivity contribution in [2.24, 2.45) is 16.7 Å². The van der Waals surface area contributed by atoms with E-state index in [4.69, 9.17) is 4.74 Å². The zero-order valence-electron chi connectivity index (χ0n) is 14.2. The summed E-state index contributed by atoms with van der Waals surface area (Å²) in [5, 5.41) is 0. The average molecular weight is 286 g/mol. The van der Waals surface area contributed by atoms with Crippen LogP contribution in [0.15, 0.2) is 36.0 Å². The van der Waals surface area contributed by atoms with Gasteiger partial charge >= 0.3 is 0 Å². The van der Waals surface area contributed by atoms with Crippen LogP contribution in [0.3, 0.4) is 0 Å². The molecule has 0 spiro atoms. The first-order valence-corrected chi connectivity index (χ1v) is 8.50. The molecule has 0 aromatic heterocycles. The molecule has 3 aliphatic rings. The maximum absolute atomic E-state index is 6.17. The van der Waals surface area contributed by atoms with Crippen LogP contribution in [-0.4, -0.2) is 12.2 Å². The highest BCUT2D eigenvalue weighted by Gasteiger charge is 2.49. The van der Waals surface area contributed by atoms with Crippen LogP contribution in [0.2, 0.25) is 0 Å². The first-order chi connectivity index (χ1) is 9.81. The Morgan fingerprint density at radius 2 is 1.90 bits per heavy atom. The minimum absolute atomic E-state index is 0.154. The van der Waals surface area contributed by atoms with Gasteiger partial charge in [0.1, 0.15) is 0 Å². The van der Waals surface area contributed by atoms with Crippen LogP contribution in [0.5, 0.6) is 0 Å². The molecule has 116 valence electrons. The van der Waals surface area contributed by atoms with Crippen LogP contribution in [0, 0.1) is 16.7 Å². The third kappa shape index (κ3) is 2.34. The van der Waals surface area contributed by atoms with E-state index in [1.54, 1.807) is 5.57 Å². The van der Waals surface area contributed by atoms with E-state index < -0.39 is 0 Å². The number of hydrogen-bond donors (Lipinski definition) is 0. The molecule has 21 heavy (non-hydrogen) atoms. The Balaban J connectivity index is 1.97. The second kappa shape index (κ2) is 4.84. The lowest BCUT2D eigenvalue weighted by molar-refractivity contribution is 0.0211. The molecule has 1 aliphatic heterocycles. The average Bonchev–Trinajstić information content (AvgIpc) is 2.59. The smallest absolute Gasteiger partial charge is 0.0836 e. The van der Waals surface area contributed by atoms with Gasteiger partial charge in [-0.15, -0.1) is 6.58 Å². The van der Waals surface area contributed by atoms with E-state index in [2.05, 4.69) is 46.4 Å². The molecule has 1 heterocycles. The molecular formula is C20H30O. The molecule has 1 nitrogen and oxygen atoms in total. The minimum Gasteiger partial charge on any atom is -0.367 e. The summed E-state index contributed by atoms with van der Waals surface area (Å²) >= 11 is 0. The van der Waals surface area contributed by atoms with E-state index in [1.165, 1.54) is 31.3 Å². The first-order valence-electron chi connectivity index (χ1n) is 8.50. The Morgan fingerprint density at radius 3 is 2.62 bits per heavy atom. The molecule has 3 atom stereocenters. The Labute approximate surface area is 130 Å². The van der Waals surface area contributed by atoms with Crippen molar-refractivity contribution in [3.63, 3.8) is 0 Å². The van der Waals surface area contributed by atoms with Gasteiger partial charge in [0.05, 0.1) is 12.2 Å². The molecule has 0 aromatic carbocycles. The molecule has 0 bridgehead atoms. The zero-order chi connectivity index (χ0) is 15.3. The third-order valence-electron chi connectivity index (χ3n) is 6.45. The minimum atomic E-state index is -0.154. The van der Waals surface area contributed by atoms with E-state index in [-0.39, 0.29) is 5.60 Å². The molecule has 1 saturated heterocycles. The summed E-state index contributed by atoms with van der Waals surface area (Å²) in [5.41, 5.74) is 3.71. The van der Waals surface area contributed by atoms with E-state index in [1.807, 2.05) is 6.08 Å². The van der Waals surface area contributed by atoms with Gasteiger partial charge in [0, 0.05) is 0 Å². The standard InChI is InChI=1S/C20H30O/c1-6-19(4)13-10-16-15(14-21-19)8-9-17-18(2,3)11-7-12-20(16,17)5/h6,8-9,16H,1,7,10-14H2,2-5H3/t16-,19-,20+/m0/s1. The molecule has 0 N–H and O–H groups in total. The number of rotatable bonds is 1. The van der Waals surface area contributed by atoms with Crippen molar-refractivity contribution in [2.45, 2.75) is 65.4 Å². The van der Waals surface area contributed by atoms with Crippen LogP contribution in [0.4, 0.5) is 0 Å². The van der Waals surface area contributed by atoms with Gasteiger partial charge in [-0.05, 0) is 54.9 Å². The van der Waals surface area contributed by atoms with Gasteiger partial charge in [-0.3, -0.25) is 0 Å². The molecule has 2 aliphatic carbocycles. The van der Waals surface area contributed by atoms with Crippen molar-refractivity contribution in [2.75, 3.05) is 6.61 Å². The normalized spacial score (nSPS) is 42.0. The second-order valence-corrected chi connectivity index (χ2v) is 8.37. The monoisotopic (exact) mass is 286 g/mol. The summed E-state index contributed by atoms with van der Waals surface area (Å²) < 4.78 is 6.17. The van der Waals surface area contributed by atoms with Gasteiger partial charge in [0.25, 0.3) is 0 Å². The second-order valence-electron chi connectivity index (χ2n) is 8.37. The number of hydrogen-bond acceptors (Lipinski definition) is 1. The van der Waals surface area contributed by atoms with Crippen molar-refractivity contribution >= 4 is 0 Å². The number of fused-ring (bicyclic) bond motifs is 3. The van der Waals surface area contributed by atoms with Crippen LogP contribution in [-0.2, 0) is 4.74 Å². The van der Waals surface area contributed by atoms with Gasteiger partial charge in [0.15, 0.2) is 0 Å². The van der Waals surface area contributed by atoms with E-state index in [0.717, 1.165) is 13.0 Å². The first kappa shape index (κ1) is 15.1. The summed E-state index contributed by atoms with van der Waals surface area (Å²) in [7, 11) is 0. The van der Waals surface area contributed by atoms with Crippen molar-refractivity contribution in [3.05, 3.63) is 36.0 Å². The van der Waals surface area contributed by atoms with Gasteiger partial charge in [-0.2, -0.15) is 0 Å². The Kier molecular flexibility index (Phi) is 3.48. The zero-order valence-corrected chi connectivity index (χ0v) is 14.2. The van der Waals surface area contributed by atoms with Crippen LogP contribution in [0.1, 0.15) is 59.8 Å². The summed E-state index contributed by atoms with van der Waals surface area (Å²) in [6.07, 6.45) is 13.1. The van der Waals surface area contributed by atoms with Crippen LogP contribution < -0.4 is 0 Å². The highest BCUT2D eigenvalue weighted by Crippen LogP contribution is 2.59. The molecule has 0 radical (unpaired) electrons. The molecule has 1 heteroatoms. The predicted molar refractivity (Wildman–Crippen MR) is 89.2 cm³/mol. The topological polar surface area (TPSA) is 9.23 Å². The molecule has 0 amide bonds. The fourth-order valence-electron chi connectivity index (χ4n) is 5.00. The highest BCUT2D eigenvalue weighted by molar-refractivity contribution is 5.38. The third-order valence-corrected chi connectivity index (χ3v) is 6.45. The summed E-state index contributed by atoms with van der Waals surface area (Å²) in [6.45, 7) is 14.3. The van der Waals surface area contributed by atoms with Gasteiger partial charge in [-0.25, -0.2) is 0 Å². The lowest BCUT2D eigenvalue weighted by atomic mass is 9.52. The maximum Gasteiger partial charge on any atom is 0.0836 e. The van der Waals surface area contributed by atoms with Crippen molar-refractivity contribution in [3.8, 4) is 0 Å². The van der Waals surface area contributed by atoms with Crippen molar-refractivity contribution in [1.29, 1.82) is 0 Å². The summed E-state index contributed by atoms with van der Waals surface area (Å²) in [4.78, 5) is 0. The number of allylic oxidation sites excluding steroid dienone is 3. The van der Waals surface area contributed by atoms with Crippen LogP contribution in [0.25, 0.3) is 0 Å². The van der Waals surface area contributed by atoms with E-state index in [9.17, 15) is 0 Å². The number of ether oxygens (including phenoxy) is 1. The predicted octanol–water partition coefficient (Wildman–Crippen LogP) is 5.44. The van der Waals surface area contributed by atoms with Gasteiger partial charge < -0.3 is 4.74 Å². The van der Waals surface area contributed by atoms with E-state index >= 15 is 0 Å². The molecule has 0 aromatic rings. The van der Waals surface area contributed by atoms with Crippen molar-refractivity contribution < 1.29 is 4.74 Å². The lowest BCUT2D eigenvalue weighted by Crippen LogP contribution is -2.42. The SMILES string of the molecule is C=C[C@@]1(C)CC[C@H]2C(=CC=C3C(C)(C)CCC[C@@]32C)CO1. The van der Waals surface area contributed by atoms with Crippen LogP contribution >= 0.6 is 0 Å². The van der Waals surface area contributed by atoms with Gasteiger partial charge in [-0.1, -0.05) is 51.0 Å². The quantitative estimate of drug-likeness (QED) is 0.583. The summed E-state index contributed by atoms with van der Waals surface area (Å²) in [6, 6.07) is 0. The maximum atomic E-state index is 6.17. The largest absolute Gasteiger partial charge is 0.367 e. The Morgan fingerprint density at radius 1 is 1.14 bits per heavy atom. The fourth-order valence-corrected chi connectivity index (χ4v) is 5.00. The molecular weight excluding hydrogens is 256 g/mol. The Hall–Kier alpha value is -0.820. The lowest BCUT2D eigenvalue weighted by Gasteiger charge is -2.52. The van der Waals surface area contributed by atoms with Gasteiger partial charge in [0.2, 0.25) is 0 Å². The fraction of sp³-hybridized carbons (Fsp3) is 0.700. The molecule has 2 fully saturated rings. The van der Waals surface area contributed by atoms with Crippen molar-refractivity contribution in [1.82, 2.24) is 0 Å². The molecule has 3 rings (SSSR count). The molecule has 0 unspecified atom stereocenters. The van der Waals surface area contributed by atoms with E-state index in [0.29, 0.717) is 16.7 Å². The highest BCUT2D eigenvalue weighted by atomic mass is 16.5. The Bertz CT molecular complexity index is 510.